The van der Waals surface area contributed by atoms with E-state index in [1.165, 1.54) is 13.2 Å². The van der Waals surface area contributed by atoms with Gasteiger partial charge in [0.1, 0.15) is 0 Å². The van der Waals surface area contributed by atoms with Crippen molar-refractivity contribution in [3.63, 3.8) is 0 Å². The Morgan fingerprint density at radius 3 is 2.15 bits per heavy atom. The number of carbonyl (C=O) groups excluding carboxylic acids is 4. The maximum atomic E-state index is 15.5. The minimum atomic E-state index is -4.78. The Kier molecular flexibility index (Phi) is 11.5. The number of allylic oxidation sites excluding steroid dienone is 2. The van der Waals surface area contributed by atoms with Gasteiger partial charge in [0.2, 0.25) is 11.8 Å². The summed E-state index contributed by atoms with van der Waals surface area (Å²) >= 11 is 16.2. The van der Waals surface area contributed by atoms with Crippen LogP contribution in [0.4, 0.5) is 41.7 Å². The fraction of sp³-hybridized carbons (Fsp3) is 0.255. The average molecular weight is 1000 g/mol. The van der Waals surface area contributed by atoms with E-state index in [0.29, 0.717) is 55.0 Å². The number of ether oxygens (including phenoxy) is 1. The van der Waals surface area contributed by atoms with E-state index in [9.17, 15) is 27.9 Å². The van der Waals surface area contributed by atoms with Gasteiger partial charge in [-0.25, -0.2) is 4.98 Å². The number of fused-ring (bicyclic) bond motifs is 4. The second-order valence-electron chi connectivity index (χ2n) is 16.6. The SMILES string of the molecule is COc1cc(Br)cc(C2C3=CCC4C(=O)N(c5ccc(N=Nc6ccc(N(C)C)cc6)cc5)C(=O)C4C3CC3C(=O)N(Nc4ncc(C(F)(F)F)cc4Cl)C(=O)C32c2ccc(Cl)cc2)c1O. The summed E-state index contributed by atoms with van der Waals surface area (Å²) in [5.74, 6) is -8.53. The maximum Gasteiger partial charge on any atom is 0.417 e. The van der Waals surface area contributed by atoms with Crippen molar-refractivity contribution in [3.05, 3.63) is 140 Å². The van der Waals surface area contributed by atoms with Gasteiger partial charge in [0.05, 0.1) is 57.9 Å². The van der Waals surface area contributed by atoms with Crippen molar-refractivity contribution >= 4 is 91.3 Å². The molecule has 0 spiro atoms. The van der Waals surface area contributed by atoms with Gasteiger partial charge >= 0.3 is 6.18 Å². The Balaban J connectivity index is 1.13. The molecule has 3 fully saturated rings. The van der Waals surface area contributed by atoms with Crippen molar-refractivity contribution in [2.24, 2.45) is 33.9 Å². The van der Waals surface area contributed by atoms with Crippen LogP contribution < -0.4 is 20.0 Å². The first kappa shape index (κ1) is 44.9. The third kappa shape index (κ3) is 7.37. The largest absolute Gasteiger partial charge is 0.504 e. The van der Waals surface area contributed by atoms with Gasteiger partial charge in [-0.1, -0.05) is 62.9 Å². The lowest BCUT2D eigenvalue weighted by atomic mass is 9.49. The molecule has 1 saturated carbocycles. The minimum Gasteiger partial charge on any atom is -0.504 e. The number of rotatable bonds is 9. The fourth-order valence-electron chi connectivity index (χ4n) is 9.95. The highest BCUT2D eigenvalue weighted by atomic mass is 79.9. The zero-order valence-corrected chi connectivity index (χ0v) is 38.2. The smallest absolute Gasteiger partial charge is 0.417 e. The molecule has 66 heavy (non-hydrogen) atoms. The molecule has 3 heterocycles. The Morgan fingerprint density at radius 1 is 0.894 bits per heavy atom. The summed E-state index contributed by atoms with van der Waals surface area (Å²) < 4.78 is 46.8. The second kappa shape index (κ2) is 16.8. The summed E-state index contributed by atoms with van der Waals surface area (Å²) in [5.41, 5.74) is 2.96. The summed E-state index contributed by atoms with van der Waals surface area (Å²) in [5, 5.41) is 21.1. The van der Waals surface area contributed by atoms with Crippen molar-refractivity contribution in [3.8, 4) is 11.5 Å². The molecule has 4 amide bonds. The van der Waals surface area contributed by atoms with Crippen LogP contribution in [-0.4, -0.2) is 59.9 Å². The lowest BCUT2D eigenvalue weighted by Crippen LogP contribution is -2.53. The molecule has 2 saturated heterocycles. The third-order valence-electron chi connectivity index (χ3n) is 12.9. The highest BCUT2D eigenvalue weighted by Gasteiger charge is 2.71. The number of methoxy groups -OCH3 is 1. The van der Waals surface area contributed by atoms with Gasteiger partial charge in [-0.05, 0) is 103 Å². The molecule has 1 aromatic heterocycles. The molecular weight excluding hydrogens is 966 g/mol. The number of halogens is 6. The van der Waals surface area contributed by atoms with Crippen molar-refractivity contribution in [1.29, 1.82) is 0 Å². The monoisotopic (exact) mass is 1000 g/mol. The number of anilines is 3. The number of pyridine rings is 1. The van der Waals surface area contributed by atoms with Crippen LogP contribution in [-0.2, 0) is 30.8 Å². The van der Waals surface area contributed by atoms with Crippen molar-refractivity contribution in [2.75, 3.05) is 36.4 Å². The minimum absolute atomic E-state index is 0.0367. The van der Waals surface area contributed by atoms with Crippen LogP contribution in [0.2, 0.25) is 10.0 Å². The number of carbonyl (C=O) groups is 4. The molecule has 4 aliphatic rings. The lowest BCUT2D eigenvalue weighted by molar-refractivity contribution is -0.139. The Labute approximate surface area is 394 Å². The average Bonchev–Trinajstić information content (AvgIpc) is 3.67. The van der Waals surface area contributed by atoms with Crippen LogP contribution >= 0.6 is 39.1 Å². The normalized spacial score (nSPS) is 23.8. The standard InChI is InChI=1S/C47H37BrCl2F3N7O6/c1-58(2)29-12-8-27(9-13-29)55-56-28-10-14-30(15-11-28)59-42(62)32-17-16-31-33(38(32)44(59)64)21-35-43(63)60(57-41-36(50)18-24(22-54-41)47(51,52)53)45(65)46(35,23-4-6-26(49)7-5-23)39(31)34-19-25(48)20-37(66-3)40(34)61/h4-16,18-20,22,32-33,35,38-39,61H,17,21H2,1-3H3,(H,54,57). The summed E-state index contributed by atoms with van der Waals surface area (Å²) in [6.07, 6.45) is -2.50. The molecule has 2 N–H and O–H groups in total. The van der Waals surface area contributed by atoms with Crippen LogP contribution in [0.25, 0.3) is 0 Å². The molecule has 6 unspecified atom stereocenters. The van der Waals surface area contributed by atoms with Gasteiger partial charge in [-0.3, -0.25) is 29.5 Å². The number of hydrogen-bond acceptors (Lipinski definition) is 11. The van der Waals surface area contributed by atoms with E-state index >= 15 is 9.59 Å². The first-order chi connectivity index (χ1) is 31.4. The Morgan fingerprint density at radius 2 is 1.55 bits per heavy atom. The van der Waals surface area contributed by atoms with E-state index < -0.39 is 81.2 Å². The number of aromatic nitrogens is 1. The van der Waals surface area contributed by atoms with E-state index in [2.05, 4.69) is 36.6 Å². The van der Waals surface area contributed by atoms with Gasteiger partial charge in [0.25, 0.3) is 11.8 Å². The number of nitrogens with zero attached hydrogens (tertiary/aromatic N) is 6. The number of amides is 4. The van der Waals surface area contributed by atoms with Crippen LogP contribution in [0.1, 0.15) is 35.4 Å². The zero-order valence-electron chi connectivity index (χ0n) is 35.1. The molecule has 19 heteroatoms. The van der Waals surface area contributed by atoms with Gasteiger partial charge in [0.15, 0.2) is 17.3 Å². The summed E-state index contributed by atoms with van der Waals surface area (Å²) in [6, 6.07) is 24.0. The molecule has 6 atom stereocenters. The number of alkyl halides is 3. The number of benzene rings is 4. The lowest BCUT2D eigenvalue weighted by Gasteiger charge is -2.50. The maximum absolute atomic E-state index is 15.5. The van der Waals surface area contributed by atoms with Crippen LogP contribution in [0.15, 0.2) is 124 Å². The molecular formula is C47H37BrCl2F3N7O6. The summed E-state index contributed by atoms with van der Waals surface area (Å²) in [4.78, 5) is 66.8. The van der Waals surface area contributed by atoms with Gasteiger partial charge in [-0.15, -0.1) is 0 Å². The summed E-state index contributed by atoms with van der Waals surface area (Å²) in [6.45, 7) is 0. The number of azo groups is 1. The number of hydrazine groups is 1. The zero-order chi connectivity index (χ0) is 47.0. The van der Waals surface area contributed by atoms with E-state index in [0.717, 1.165) is 10.6 Å². The highest BCUT2D eigenvalue weighted by Crippen LogP contribution is 2.65. The summed E-state index contributed by atoms with van der Waals surface area (Å²) in [7, 11) is 5.22. The number of hydrogen-bond donors (Lipinski definition) is 2. The van der Waals surface area contributed by atoms with E-state index in [-0.39, 0.29) is 29.9 Å². The van der Waals surface area contributed by atoms with Gasteiger partial charge < -0.3 is 14.7 Å². The molecule has 4 aromatic carbocycles. The van der Waals surface area contributed by atoms with E-state index in [1.807, 2.05) is 49.3 Å². The van der Waals surface area contributed by atoms with Gasteiger partial charge in [0, 0.05) is 47.0 Å². The number of nitrogens with one attached hydrogen (secondary N) is 1. The number of phenolic OH excluding ortho intramolecular Hbond substituents is 1. The molecule has 0 bridgehead atoms. The van der Waals surface area contributed by atoms with Crippen LogP contribution in [0.3, 0.4) is 0 Å². The van der Waals surface area contributed by atoms with E-state index in [4.69, 9.17) is 27.9 Å². The Hall–Kier alpha value is -6.30. The molecule has 2 aliphatic carbocycles. The number of aromatic hydroxyl groups is 1. The second-order valence-corrected chi connectivity index (χ2v) is 18.4. The molecule has 5 aromatic rings. The fourth-order valence-corrected chi connectivity index (χ4v) is 10.7. The van der Waals surface area contributed by atoms with Crippen LogP contribution in [0.5, 0.6) is 11.5 Å². The van der Waals surface area contributed by atoms with Gasteiger partial charge in [-0.2, -0.15) is 28.4 Å². The first-order valence-corrected chi connectivity index (χ1v) is 22.1. The quantitative estimate of drug-likeness (QED) is 0.0833. The predicted octanol–water partition coefficient (Wildman–Crippen LogP) is 10.6. The topological polar surface area (TPSA) is 157 Å². The predicted molar refractivity (Wildman–Crippen MR) is 243 cm³/mol. The number of phenols is 1. The van der Waals surface area contributed by atoms with E-state index in [1.54, 1.807) is 54.6 Å². The molecule has 0 radical (unpaired) electrons. The number of imide groups is 2. The molecule has 338 valence electrons. The van der Waals surface area contributed by atoms with Crippen molar-refractivity contribution in [1.82, 2.24) is 9.99 Å². The van der Waals surface area contributed by atoms with Crippen LogP contribution in [0, 0.1) is 23.7 Å². The van der Waals surface area contributed by atoms with Crippen molar-refractivity contribution in [2.45, 2.75) is 30.4 Å². The molecule has 2 aliphatic heterocycles. The Bertz CT molecular complexity index is 2880. The first-order valence-electron chi connectivity index (χ1n) is 20.5. The third-order valence-corrected chi connectivity index (χ3v) is 13.9. The highest BCUT2D eigenvalue weighted by molar-refractivity contribution is 9.10. The molecule has 9 rings (SSSR count). The van der Waals surface area contributed by atoms with Crippen molar-refractivity contribution < 1.29 is 42.2 Å². The molecule has 13 nitrogen and oxygen atoms in total.